The van der Waals surface area contributed by atoms with E-state index in [1.807, 2.05) is 23.1 Å². The SMILES string of the molecule is CC(Cn1cccn1)NC1CCCC(N)C1. The molecule has 0 bridgehead atoms. The van der Waals surface area contributed by atoms with Crippen molar-refractivity contribution in [3.63, 3.8) is 0 Å². The second kappa shape index (κ2) is 5.46. The first-order valence-corrected chi connectivity index (χ1v) is 6.23. The van der Waals surface area contributed by atoms with Gasteiger partial charge in [0.15, 0.2) is 0 Å². The highest BCUT2D eigenvalue weighted by Crippen LogP contribution is 2.17. The number of hydrogen-bond acceptors (Lipinski definition) is 3. The van der Waals surface area contributed by atoms with Crippen molar-refractivity contribution in [3.05, 3.63) is 18.5 Å². The Hall–Kier alpha value is -0.870. The Morgan fingerprint density at radius 2 is 2.44 bits per heavy atom. The van der Waals surface area contributed by atoms with Crippen LogP contribution in [-0.2, 0) is 6.54 Å². The number of hydrogen-bond donors (Lipinski definition) is 2. The highest BCUT2D eigenvalue weighted by molar-refractivity contribution is 4.83. The molecule has 0 amide bonds. The van der Waals surface area contributed by atoms with E-state index < -0.39 is 0 Å². The van der Waals surface area contributed by atoms with Crippen molar-refractivity contribution in [2.75, 3.05) is 0 Å². The molecule has 16 heavy (non-hydrogen) atoms. The van der Waals surface area contributed by atoms with Gasteiger partial charge in [-0.3, -0.25) is 4.68 Å². The van der Waals surface area contributed by atoms with Crippen LogP contribution in [0.15, 0.2) is 18.5 Å². The van der Waals surface area contributed by atoms with Crippen LogP contribution in [-0.4, -0.2) is 27.9 Å². The summed E-state index contributed by atoms with van der Waals surface area (Å²) < 4.78 is 1.97. The summed E-state index contributed by atoms with van der Waals surface area (Å²) in [6.45, 7) is 3.14. The minimum absolute atomic E-state index is 0.392. The van der Waals surface area contributed by atoms with Crippen molar-refractivity contribution in [2.45, 2.75) is 57.3 Å². The van der Waals surface area contributed by atoms with Crippen molar-refractivity contribution < 1.29 is 0 Å². The van der Waals surface area contributed by atoms with Gasteiger partial charge in [0.05, 0.1) is 6.54 Å². The topological polar surface area (TPSA) is 55.9 Å². The molecular weight excluding hydrogens is 200 g/mol. The van der Waals surface area contributed by atoms with Crippen LogP contribution in [0, 0.1) is 0 Å². The maximum Gasteiger partial charge on any atom is 0.0560 e. The van der Waals surface area contributed by atoms with E-state index in [1.165, 1.54) is 19.3 Å². The molecule has 3 atom stereocenters. The lowest BCUT2D eigenvalue weighted by Crippen LogP contribution is -2.44. The third-order valence-corrected chi connectivity index (χ3v) is 3.26. The molecule has 0 radical (unpaired) electrons. The standard InChI is InChI=1S/C12H22N4/c1-10(9-16-7-3-6-14-16)15-12-5-2-4-11(13)8-12/h3,6-7,10-12,15H,2,4-5,8-9,13H2,1H3. The van der Waals surface area contributed by atoms with Gasteiger partial charge in [-0.2, -0.15) is 5.10 Å². The lowest BCUT2D eigenvalue weighted by Gasteiger charge is -2.30. The first kappa shape index (κ1) is 11.6. The quantitative estimate of drug-likeness (QED) is 0.803. The molecule has 1 aromatic rings. The Morgan fingerprint density at radius 3 is 3.12 bits per heavy atom. The Kier molecular flexibility index (Phi) is 3.96. The first-order valence-electron chi connectivity index (χ1n) is 6.23. The van der Waals surface area contributed by atoms with Crippen LogP contribution >= 0.6 is 0 Å². The number of nitrogens with two attached hydrogens (primary N) is 1. The van der Waals surface area contributed by atoms with Crippen molar-refractivity contribution >= 4 is 0 Å². The van der Waals surface area contributed by atoms with Gasteiger partial charge in [0.25, 0.3) is 0 Å². The number of nitrogens with zero attached hydrogens (tertiary/aromatic N) is 2. The molecule has 3 unspecified atom stereocenters. The Morgan fingerprint density at radius 1 is 1.56 bits per heavy atom. The summed E-state index contributed by atoms with van der Waals surface area (Å²) in [4.78, 5) is 0. The van der Waals surface area contributed by atoms with Gasteiger partial charge in [0.1, 0.15) is 0 Å². The zero-order valence-electron chi connectivity index (χ0n) is 9.97. The monoisotopic (exact) mass is 222 g/mol. The lowest BCUT2D eigenvalue weighted by molar-refractivity contribution is 0.302. The molecule has 0 aromatic carbocycles. The zero-order valence-corrected chi connectivity index (χ0v) is 9.97. The van der Waals surface area contributed by atoms with Gasteiger partial charge in [-0.1, -0.05) is 6.42 Å². The molecule has 0 aliphatic heterocycles. The molecule has 1 saturated carbocycles. The van der Waals surface area contributed by atoms with Gasteiger partial charge in [0.2, 0.25) is 0 Å². The Bertz CT molecular complexity index is 296. The van der Waals surface area contributed by atoms with Crippen molar-refractivity contribution in [3.8, 4) is 0 Å². The van der Waals surface area contributed by atoms with Crippen LogP contribution in [0.1, 0.15) is 32.6 Å². The number of nitrogens with one attached hydrogen (secondary N) is 1. The second-order valence-corrected chi connectivity index (χ2v) is 4.92. The van der Waals surface area contributed by atoms with Crippen molar-refractivity contribution in [1.29, 1.82) is 0 Å². The normalized spacial score (nSPS) is 27.9. The van der Waals surface area contributed by atoms with E-state index in [0.29, 0.717) is 18.1 Å². The first-order chi connectivity index (χ1) is 7.74. The fraction of sp³-hybridized carbons (Fsp3) is 0.750. The zero-order chi connectivity index (χ0) is 11.4. The molecule has 1 heterocycles. The van der Waals surface area contributed by atoms with Crippen LogP contribution in [0.25, 0.3) is 0 Å². The molecule has 0 spiro atoms. The van der Waals surface area contributed by atoms with Gasteiger partial charge in [-0.25, -0.2) is 0 Å². The minimum atomic E-state index is 0.392. The highest BCUT2D eigenvalue weighted by Gasteiger charge is 2.20. The third kappa shape index (κ3) is 3.32. The van der Waals surface area contributed by atoms with E-state index in [9.17, 15) is 0 Å². The maximum absolute atomic E-state index is 5.98. The summed E-state index contributed by atoms with van der Waals surface area (Å²) in [7, 11) is 0. The largest absolute Gasteiger partial charge is 0.328 e. The fourth-order valence-electron chi connectivity index (χ4n) is 2.52. The van der Waals surface area contributed by atoms with Crippen LogP contribution < -0.4 is 11.1 Å². The minimum Gasteiger partial charge on any atom is -0.328 e. The van der Waals surface area contributed by atoms with E-state index in [0.717, 1.165) is 13.0 Å². The molecular formula is C12H22N4. The van der Waals surface area contributed by atoms with Gasteiger partial charge in [-0.15, -0.1) is 0 Å². The molecule has 4 heteroatoms. The lowest BCUT2D eigenvalue weighted by atomic mass is 9.91. The third-order valence-electron chi connectivity index (χ3n) is 3.26. The molecule has 0 saturated heterocycles. The van der Waals surface area contributed by atoms with Gasteiger partial charge < -0.3 is 11.1 Å². The molecule has 2 rings (SSSR count). The molecule has 90 valence electrons. The van der Waals surface area contributed by atoms with E-state index in [1.54, 1.807) is 0 Å². The number of aromatic nitrogens is 2. The van der Waals surface area contributed by atoms with Gasteiger partial charge >= 0.3 is 0 Å². The second-order valence-electron chi connectivity index (χ2n) is 4.92. The highest BCUT2D eigenvalue weighted by atomic mass is 15.3. The van der Waals surface area contributed by atoms with E-state index in [4.69, 9.17) is 5.73 Å². The number of rotatable bonds is 4. The average Bonchev–Trinajstić information content (AvgIpc) is 2.70. The fourth-order valence-corrected chi connectivity index (χ4v) is 2.52. The summed E-state index contributed by atoms with van der Waals surface area (Å²) >= 11 is 0. The molecule has 3 N–H and O–H groups in total. The molecule has 4 nitrogen and oxygen atoms in total. The summed E-state index contributed by atoms with van der Waals surface area (Å²) in [6, 6.07) is 3.40. The van der Waals surface area contributed by atoms with Crippen molar-refractivity contribution in [2.24, 2.45) is 5.73 Å². The van der Waals surface area contributed by atoms with Crippen LogP contribution in [0.5, 0.6) is 0 Å². The van der Waals surface area contributed by atoms with E-state index >= 15 is 0 Å². The summed E-state index contributed by atoms with van der Waals surface area (Å²) in [5, 5.41) is 7.86. The summed E-state index contributed by atoms with van der Waals surface area (Å²) in [5.74, 6) is 0. The van der Waals surface area contributed by atoms with Crippen LogP contribution in [0.3, 0.4) is 0 Å². The Labute approximate surface area is 97.2 Å². The summed E-state index contributed by atoms with van der Waals surface area (Å²) in [5.41, 5.74) is 5.98. The maximum atomic E-state index is 5.98. The van der Waals surface area contributed by atoms with Gasteiger partial charge in [0, 0.05) is 30.5 Å². The Balaban J connectivity index is 1.76. The predicted molar refractivity (Wildman–Crippen MR) is 65.1 cm³/mol. The average molecular weight is 222 g/mol. The van der Waals surface area contributed by atoms with Crippen LogP contribution in [0.4, 0.5) is 0 Å². The summed E-state index contributed by atoms with van der Waals surface area (Å²) in [6.07, 6.45) is 8.65. The van der Waals surface area contributed by atoms with E-state index in [-0.39, 0.29) is 0 Å². The molecule has 1 aliphatic carbocycles. The molecule has 1 aliphatic rings. The van der Waals surface area contributed by atoms with Crippen LogP contribution in [0.2, 0.25) is 0 Å². The van der Waals surface area contributed by atoms with Gasteiger partial charge in [-0.05, 0) is 32.3 Å². The van der Waals surface area contributed by atoms with Crippen molar-refractivity contribution in [1.82, 2.24) is 15.1 Å². The van der Waals surface area contributed by atoms with E-state index in [2.05, 4.69) is 17.3 Å². The smallest absolute Gasteiger partial charge is 0.0560 e. The predicted octanol–water partition coefficient (Wildman–Crippen LogP) is 1.13. The molecule has 1 aromatic heterocycles. The molecule has 1 fully saturated rings.